The Morgan fingerprint density at radius 1 is 1.50 bits per heavy atom. The van der Waals surface area contributed by atoms with Gasteiger partial charge in [-0.3, -0.25) is 9.78 Å². The van der Waals surface area contributed by atoms with Gasteiger partial charge in [-0.1, -0.05) is 13.8 Å². The van der Waals surface area contributed by atoms with E-state index in [-0.39, 0.29) is 12.4 Å². The summed E-state index contributed by atoms with van der Waals surface area (Å²) in [5, 5.41) is 8.49. The molecule has 0 radical (unpaired) electrons. The van der Waals surface area contributed by atoms with Crippen molar-refractivity contribution in [2.24, 2.45) is 0 Å². The zero-order valence-corrected chi connectivity index (χ0v) is 8.73. The van der Waals surface area contributed by atoms with E-state index in [1.807, 2.05) is 13.8 Å². The van der Waals surface area contributed by atoms with Gasteiger partial charge < -0.3 is 5.11 Å². The van der Waals surface area contributed by atoms with Gasteiger partial charge >= 0.3 is 0 Å². The maximum Gasteiger partial charge on any atom is 0.164 e. The number of hydrogen-bond donors (Lipinski definition) is 1. The number of pyridine rings is 1. The van der Waals surface area contributed by atoms with E-state index in [0.717, 1.165) is 0 Å². The number of aliphatic hydroxyl groups is 1. The lowest BCUT2D eigenvalue weighted by Crippen LogP contribution is -2.00. The topological polar surface area (TPSA) is 50.2 Å². The van der Waals surface area contributed by atoms with Crippen molar-refractivity contribution >= 4 is 5.78 Å². The number of ketones is 1. The quantitative estimate of drug-likeness (QED) is 0.748. The van der Waals surface area contributed by atoms with Crippen molar-refractivity contribution in [3.63, 3.8) is 0 Å². The molecule has 1 rings (SSSR count). The van der Waals surface area contributed by atoms with Gasteiger partial charge in [0.2, 0.25) is 0 Å². The molecule has 1 heterocycles. The van der Waals surface area contributed by atoms with Gasteiger partial charge in [0.1, 0.15) is 0 Å². The predicted molar refractivity (Wildman–Crippen MR) is 56.2 cm³/mol. The first-order chi connectivity index (χ1) is 6.84. The van der Waals surface area contributed by atoms with Crippen LogP contribution >= 0.6 is 0 Å². The Balaban J connectivity index is 0.000000791. The third kappa shape index (κ3) is 4.72. The molecule has 14 heavy (non-hydrogen) atoms. The number of aliphatic hydroxyl groups excluding tert-OH is 1. The molecule has 0 fully saturated rings. The Hall–Kier alpha value is -1.22. The molecule has 1 aromatic rings. The molecular formula is C11H17NO2. The maximum absolute atomic E-state index is 11.3. The highest BCUT2D eigenvalue weighted by Crippen LogP contribution is 2.02. The molecule has 78 valence electrons. The first kappa shape index (κ1) is 12.8. The molecule has 0 aliphatic rings. The Morgan fingerprint density at radius 3 is 2.71 bits per heavy atom. The minimum atomic E-state index is 0.0390. The lowest BCUT2D eigenvalue weighted by Gasteiger charge is -1.97. The van der Waals surface area contributed by atoms with E-state index in [9.17, 15) is 4.79 Å². The molecule has 0 bridgehead atoms. The fourth-order valence-corrected chi connectivity index (χ4v) is 0.912. The van der Waals surface area contributed by atoms with Gasteiger partial charge in [0.15, 0.2) is 5.78 Å². The fourth-order valence-electron chi connectivity index (χ4n) is 0.912. The number of carbonyl (C=O) groups is 1. The van der Waals surface area contributed by atoms with Crippen LogP contribution in [0.5, 0.6) is 0 Å². The average molecular weight is 195 g/mol. The van der Waals surface area contributed by atoms with Crippen LogP contribution in [0.15, 0.2) is 24.5 Å². The summed E-state index contributed by atoms with van der Waals surface area (Å²) in [6.07, 6.45) is 4.08. The predicted octanol–water partition coefficient (Wildman–Crippen LogP) is 2.06. The van der Waals surface area contributed by atoms with E-state index in [2.05, 4.69) is 4.98 Å². The number of aromatic nitrogens is 1. The molecule has 0 unspecified atom stereocenters. The summed E-state index contributed by atoms with van der Waals surface area (Å²) >= 11 is 0. The number of Topliss-reactive ketones (excluding diaryl/α,β-unsaturated/α-hetero) is 1. The van der Waals surface area contributed by atoms with E-state index < -0.39 is 0 Å². The molecule has 1 aromatic heterocycles. The van der Waals surface area contributed by atoms with Crippen molar-refractivity contribution < 1.29 is 9.90 Å². The zero-order chi connectivity index (χ0) is 10.8. The van der Waals surface area contributed by atoms with Crippen LogP contribution in [0.1, 0.15) is 37.0 Å². The van der Waals surface area contributed by atoms with E-state index in [0.29, 0.717) is 18.4 Å². The van der Waals surface area contributed by atoms with Crippen LogP contribution < -0.4 is 0 Å². The molecule has 0 amide bonds. The molecule has 0 aliphatic heterocycles. The van der Waals surface area contributed by atoms with Crippen LogP contribution in [0.2, 0.25) is 0 Å². The molecule has 0 saturated heterocycles. The fraction of sp³-hybridized carbons (Fsp3) is 0.455. The van der Waals surface area contributed by atoms with E-state index in [1.54, 1.807) is 24.5 Å². The number of nitrogens with zero attached hydrogens (tertiary/aromatic N) is 1. The highest BCUT2D eigenvalue weighted by Gasteiger charge is 2.03. The largest absolute Gasteiger partial charge is 0.396 e. The maximum atomic E-state index is 11.3. The van der Waals surface area contributed by atoms with Crippen LogP contribution in [-0.2, 0) is 0 Å². The van der Waals surface area contributed by atoms with Gasteiger partial charge in [-0.05, 0) is 18.6 Å². The zero-order valence-electron chi connectivity index (χ0n) is 8.73. The van der Waals surface area contributed by atoms with Crippen LogP contribution in [0.4, 0.5) is 0 Å². The minimum Gasteiger partial charge on any atom is -0.396 e. The summed E-state index contributed by atoms with van der Waals surface area (Å²) in [5.74, 6) is 0.0390. The van der Waals surface area contributed by atoms with E-state index in [4.69, 9.17) is 5.11 Å². The van der Waals surface area contributed by atoms with Gasteiger partial charge in [-0.15, -0.1) is 0 Å². The molecule has 0 aliphatic carbocycles. The summed E-state index contributed by atoms with van der Waals surface area (Å²) in [5.41, 5.74) is 0.617. The second-order valence-corrected chi connectivity index (χ2v) is 2.49. The third-order valence-electron chi connectivity index (χ3n) is 1.55. The van der Waals surface area contributed by atoms with Crippen molar-refractivity contribution in [1.29, 1.82) is 0 Å². The van der Waals surface area contributed by atoms with Crippen LogP contribution in [-0.4, -0.2) is 22.5 Å². The first-order valence-electron chi connectivity index (χ1n) is 4.88. The Kier molecular flexibility index (Phi) is 7.65. The second-order valence-electron chi connectivity index (χ2n) is 2.49. The van der Waals surface area contributed by atoms with E-state index >= 15 is 0 Å². The van der Waals surface area contributed by atoms with Gasteiger partial charge in [-0.25, -0.2) is 0 Å². The average Bonchev–Trinajstić information content (AvgIpc) is 2.30. The molecule has 3 heteroatoms. The van der Waals surface area contributed by atoms with Gasteiger partial charge in [0, 0.05) is 31.0 Å². The Labute approximate surface area is 84.8 Å². The molecule has 0 saturated carbocycles. The van der Waals surface area contributed by atoms with Crippen LogP contribution in [0, 0.1) is 0 Å². The summed E-state index contributed by atoms with van der Waals surface area (Å²) < 4.78 is 0. The smallest absolute Gasteiger partial charge is 0.164 e. The van der Waals surface area contributed by atoms with Crippen molar-refractivity contribution in [2.45, 2.75) is 26.7 Å². The Morgan fingerprint density at radius 2 is 2.21 bits per heavy atom. The minimum absolute atomic E-state index is 0.0390. The second kappa shape index (κ2) is 8.38. The van der Waals surface area contributed by atoms with Crippen molar-refractivity contribution in [3.05, 3.63) is 30.1 Å². The molecular weight excluding hydrogens is 178 g/mol. The monoisotopic (exact) mass is 195 g/mol. The van der Waals surface area contributed by atoms with Crippen molar-refractivity contribution in [3.8, 4) is 0 Å². The normalized spacial score (nSPS) is 8.79. The lowest BCUT2D eigenvalue weighted by atomic mass is 10.1. The summed E-state index contributed by atoms with van der Waals surface area (Å²) in [6, 6.07) is 3.46. The lowest BCUT2D eigenvalue weighted by molar-refractivity contribution is 0.0971. The molecule has 3 nitrogen and oxygen atoms in total. The van der Waals surface area contributed by atoms with Crippen molar-refractivity contribution in [2.75, 3.05) is 6.61 Å². The summed E-state index contributed by atoms with van der Waals surface area (Å²) in [7, 11) is 0. The van der Waals surface area contributed by atoms with Gasteiger partial charge in [0.05, 0.1) is 0 Å². The van der Waals surface area contributed by atoms with Crippen molar-refractivity contribution in [1.82, 2.24) is 4.98 Å². The highest BCUT2D eigenvalue weighted by molar-refractivity contribution is 5.95. The van der Waals surface area contributed by atoms with Gasteiger partial charge in [0.25, 0.3) is 0 Å². The first-order valence-corrected chi connectivity index (χ1v) is 4.88. The summed E-state index contributed by atoms with van der Waals surface area (Å²) in [4.78, 5) is 15.1. The summed E-state index contributed by atoms with van der Waals surface area (Å²) in [6.45, 7) is 4.06. The standard InChI is InChI=1S/C9H11NO2.C2H6/c11-6-2-4-9(12)8-3-1-5-10-7-8;1-2/h1,3,5,7,11H,2,4,6H2;1-2H3. The molecule has 1 N–H and O–H groups in total. The van der Waals surface area contributed by atoms with Crippen LogP contribution in [0.25, 0.3) is 0 Å². The molecule has 0 spiro atoms. The number of rotatable bonds is 4. The number of hydrogen-bond acceptors (Lipinski definition) is 3. The SMILES string of the molecule is CC.O=C(CCCO)c1cccnc1. The molecule has 0 aromatic carbocycles. The highest BCUT2D eigenvalue weighted by atomic mass is 16.3. The van der Waals surface area contributed by atoms with Gasteiger partial charge in [-0.2, -0.15) is 0 Å². The van der Waals surface area contributed by atoms with Crippen LogP contribution in [0.3, 0.4) is 0 Å². The van der Waals surface area contributed by atoms with E-state index in [1.165, 1.54) is 0 Å². The third-order valence-corrected chi connectivity index (χ3v) is 1.55. The molecule has 0 atom stereocenters. The Bertz CT molecular complexity index is 247. The number of carbonyl (C=O) groups excluding carboxylic acids is 1.